The normalized spacial score (nSPS) is 13.4. The van der Waals surface area contributed by atoms with E-state index in [1.54, 1.807) is 18.2 Å². The Kier molecular flexibility index (Phi) is 4.56. The average molecular weight is 251 g/mol. The number of ketones is 1. The lowest BCUT2D eigenvalue weighted by Crippen LogP contribution is -2.51. The van der Waals surface area contributed by atoms with E-state index in [2.05, 4.69) is 5.32 Å². The Hall–Kier alpha value is -2.21. The number of hydrogen-bond donors (Lipinski definition) is 3. The van der Waals surface area contributed by atoms with Gasteiger partial charge < -0.3 is 15.5 Å². The lowest BCUT2D eigenvalue weighted by atomic mass is 9.99. The lowest BCUT2D eigenvalue weighted by Gasteiger charge is -2.19. The summed E-state index contributed by atoms with van der Waals surface area (Å²) in [5.41, 5.74) is 0.219. The molecule has 2 atom stereocenters. The minimum Gasteiger partial charge on any atom is -0.479 e. The number of aliphatic hydroxyl groups excluding tert-OH is 1. The van der Waals surface area contributed by atoms with Gasteiger partial charge in [0, 0.05) is 12.5 Å². The van der Waals surface area contributed by atoms with Crippen LogP contribution in [0.2, 0.25) is 0 Å². The Morgan fingerprint density at radius 3 is 2.17 bits per heavy atom. The number of carboxylic acid groups (broad SMARTS) is 1. The summed E-state index contributed by atoms with van der Waals surface area (Å²) in [6, 6.07) is 6.36. The number of Topliss-reactive ketones (excluding diaryl/α,β-unsaturated/α-hetero) is 1. The Balaban J connectivity index is 3.00. The molecule has 0 fully saturated rings. The molecule has 0 saturated heterocycles. The topological polar surface area (TPSA) is 104 Å². The van der Waals surface area contributed by atoms with E-state index in [0.29, 0.717) is 0 Å². The minimum atomic E-state index is -1.98. The monoisotopic (exact) mass is 251 g/mol. The molecule has 1 aromatic carbocycles. The predicted molar refractivity (Wildman–Crippen MR) is 62.0 cm³/mol. The summed E-state index contributed by atoms with van der Waals surface area (Å²) in [6.45, 7) is 1.14. The number of carbonyl (C=O) groups excluding carboxylic acids is 2. The van der Waals surface area contributed by atoms with Gasteiger partial charge in [-0.15, -0.1) is 0 Å². The fourth-order valence-corrected chi connectivity index (χ4v) is 1.43. The summed E-state index contributed by atoms with van der Waals surface area (Å²) >= 11 is 0. The molecular weight excluding hydrogens is 238 g/mol. The van der Waals surface area contributed by atoms with E-state index in [0.717, 1.165) is 6.92 Å². The van der Waals surface area contributed by atoms with Crippen molar-refractivity contribution in [3.05, 3.63) is 35.9 Å². The maximum Gasteiger partial charge on any atom is 0.335 e. The number of rotatable bonds is 5. The molecule has 1 amide bonds. The first-order chi connectivity index (χ1) is 8.43. The smallest absolute Gasteiger partial charge is 0.335 e. The summed E-state index contributed by atoms with van der Waals surface area (Å²) in [5.74, 6) is -2.82. The average Bonchev–Trinajstić information content (AvgIpc) is 2.35. The summed E-state index contributed by atoms with van der Waals surface area (Å²) < 4.78 is 0. The zero-order valence-corrected chi connectivity index (χ0v) is 9.66. The number of benzene rings is 1. The van der Waals surface area contributed by atoms with E-state index in [1.165, 1.54) is 12.1 Å². The highest BCUT2D eigenvalue weighted by molar-refractivity contribution is 6.04. The van der Waals surface area contributed by atoms with Crippen LogP contribution < -0.4 is 5.32 Å². The molecule has 3 N–H and O–H groups in total. The van der Waals surface area contributed by atoms with Gasteiger partial charge in [0.25, 0.3) is 0 Å². The summed E-state index contributed by atoms with van der Waals surface area (Å²) in [4.78, 5) is 33.6. The number of aliphatic carboxylic acids is 1. The van der Waals surface area contributed by atoms with Crippen molar-refractivity contribution in [3.8, 4) is 0 Å². The number of hydrogen-bond acceptors (Lipinski definition) is 4. The molecule has 1 rings (SSSR count). The van der Waals surface area contributed by atoms with E-state index in [4.69, 9.17) is 5.11 Å². The third kappa shape index (κ3) is 3.39. The molecule has 0 aliphatic carbocycles. The van der Waals surface area contributed by atoms with Gasteiger partial charge in [0.1, 0.15) is 6.04 Å². The van der Waals surface area contributed by atoms with Gasteiger partial charge >= 0.3 is 5.97 Å². The molecule has 6 nitrogen and oxygen atoms in total. The second kappa shape index (κ2) is 5.92. The van der Waals surface area contributed by atoms with Crippen LogP contribution in [0.1, 0.15) is 17.3 Å². The van der Waals surface area contributed by atoms with Crippen molar-refractivity contribution in [2.75, 3.05) is 0 Å². The van der Waals surface area contributed by atoms with E-state index in [9.17, 15) is 19.5 Å². The summed E-state index contributed by atoms with van der Waals surface area (Å²) in [5, 5.41) is 20.3. The fraction of sp³-hybridized carbons (Fsp3) is 0.250. The molecule has 0 aromatic heterocycles. The van der Waals surface area contributed by atoms with Gasteiger partial charge in [0.2, 0.25) is 5.91 Å². The van der Waals surface area contributed by atoms with Crippen molar-refractivity contribution in [3.63, 3.8) is 0 Å². The molecule has 0 radical (unpaired) electrons. The third-order valence-corrected chi connectivity index (χ3v) is 2.27. The van der Waals surface area contributed by atoms with Crippen LogP contribution >= 0.6 is 0 Å². The van der Waals surface area contributed by atoms with Gasteiger partial charge in [0.05, 0.1) is 0 Å². The van der Waals surface area contributed by atoms with E-state index < -0.39 is 29.8 Å². The second-order valence-electron chi connectivity index (χ2n) is 3.69. The van der Waals surface area contributed by atoms with Crippen LogP contribution in [0.3, 0.4) is 0 Å². The standard InChI is InChI=1S/C12H13NO5/c1-7(14)13-9(11(16)12(17)18)10(15)8-5-3-2-4-6-8/h2-6,9,11,16H,1H3,(H,13,14)(H,17,18)/t9-,11-/m1/s1. The number of aliphatic hydroxyl groups is 1. The number of carboxylic acids is 1. The summed E-state index contributed by atoms with van der Waals surface area (Å²) in [6.07, 6.45) is -1.98. The van der Waals surface area contributed by atoms with Crippen molar-refractivity contribution in [1.82, 2.24) is 5.32 Å². The molecule has 0 heterocycles. The van der Waals surface area contributed by atoms with E-state index in [1.807, 2.05) is 0 Å². The molecular formula is C12H13NO5. The van der Waals surface area contributed by atoms with Gasteiger partial charge in [-0.1, -0.05) is 30.3 Å². The first kappa shape index (κ1) is 13.9. The van der Waals surface area contributed by atoms with Crippen molar-refractivity contribution in [2.24, 2.45) is 0 Å². The molecule has 0 unspecified atom stereocenters. The number of carbonyl (C=O) groups is 3. The van der Waals surface area contributed by atoms with Gasteiger partial charge in [-0.2, -0.15) is 0 Å². The Morgan fingerprint density at radius 1 is 1.17 bits per heavy atom. The highest BCUT2D eigenvalue weighted by Gasteiger charge is 2.33. The fourth-order valence-electron chi connectivity index (χ4n) is 1.43. The van der Waals surface area contributed by atoms with Crippen molar-refractivity contribution in [2.45, 2.75) is 19.1 Å². The molecule has 0 aliphatic rings. The van der Waals surface area contributed by atoms with Gasteiger partial charge in [-0.25, -0.2) is 4.79 Å². The van der Waals surface area contributed by atoms with Crippen LogP contribution in [-0.4, -0.2) is 40.0 Å². The predicted octanol–water partition coefficient (Wildman–Crippen LogP) is -0.181. The highest BCUT2D eigenvalue weighted by atomic mass is 16.4. The molecule has 1 aromatic rings. The first-order valence-corrected chi connectivity index (χ1v) is 5.20. The van der Waals surface area contributed by atoms with Crippen molar-refractivity contribution < 1.29 is 24.6 Å². The molecule has 0 aliphatic heterocycles. The zero-order valence-electron chi connectivity index (χ0n) is 9.66. The molecule has 18 heavy (non-hydrogen) atoms. The van der Waals surface area contributed by atoms with Crippen LogP contribution in [0.4, 0.5) is 0 Å². The Bertz CT molecular complexity index is 457. The summed E-state index contributed by atoms with van der Waals surface area (Å²) in [7, 11) is 0. The third-order valence-electron chi connectivity index (χ3n) is 2.27. The quantitative estimate of drug-likeness (QED) is 0.630. The molecule has 0 bridgehead atoms. The Labute approximate surface area is 103 Å². The molecule has 6 heteroatoms. The number of amides is 1. The maximum atomic E-state index is 12.0. The maximum absolute atomic E-state index is 12.0. The Morgan fingerprint density at radius 2 is 1.72 bits per heavy atom. The largest absolute Gasteiger partial charge is 0.479 e. The van der Waals surface area contributed by atoms with Gasteiger partial charge in [0.15, 0.2) is 11.9 Å². The van der Waals surface area contributed by atoms with Gasteiger partial charge in [-0.3, -0.25) is 9.59 Å². The number of nitrogens with one attached hydrogen (secondary N) is 1. The van der Waals surface area contributed by atoms with Crippen LogP contribution in [0.25, 0.3) is 0 Å². The molecule has 0 saturated carbocycles. The minimum absolute atomic E-state index is 0.219. The molecule has 96 valence electrons. The van der Waals surface area contributed by atoms with Crippen LogP contribution in [0.15, 0.2) is 30.3 Å². The SMILES string of the molecule is CC(=O)N[C@H](C(=O)c1ccccc1)[C@@H](O)C(=O)O. The van der Waals surface area contributed by atoms with Crippen LogP contribution in [-0.2, 0) is 9.59 Å². The lowest BCUT2D eigenvalue weighted by molar-refractivity contribution is -0.147. The van der Waals surface area contributed by atoms with Crippen molar-refractivity contribution in [1.29, 1.82) is 0 Å². The first-order valence-electron chi connectivity index (χ1n) is 5.20. The van der Waals surface area contributed by atoms with Crippen LogP contribution in [0, 0.1) is 0 Å². The van der Waals surface area contributed by atoms with Crippen molar-refractivity contribution >= 4 is 17.7 Å². The van der Waals surface area contributed by atoms with E-state index in [-0.39, 0.29) is 5.56 Å². The second-order valence-corrected chi connectivity index (χ2v) is 3.69. The van der Waals surface area contributed by atoms with Gasteiger partial charge in [-0.05, 0) is 0 Å². The van der Waals surface area contributed by atoms with E-state index >= 15 is 0 Å². The van der Waals surface area contributed by atoms with Crippen LogP contribution in [0.5, 0.6) is 0 Å². The molecule has 0 spiro atoms. The zero-order chi connectivity index (χ0) is 13.7. The highest BCUT2D eigenvalue weighted by Crippen LogP contribution is 2.07.